The molecule has 1 aromatic carbocycles. The zero-order valence-electron chi connectivity index (χ0n) is 10.2. The maximum atomic E-state index is 11.9. The number of rotatable bonds is 3. The van der Waals surface area contributed by atoms with E-state index in [4.69, 9.17) is 20.5 Å². The van der Waals surface area contributed by atoms with Crippen LogP contribution in [-0.4, -0.2) is 11.1 Å². The second-order valence-electron chi connectivity index (χ2n) is 4.01. The van der Waals surface area contributed by atoms with Gasteiger partial charge in [-0.15, -0.1) is 0 Å². The first-order valence-electron chi connectivity index (χ1n) is 5.79. The fraction of sp³-hybridized carbons (Fsp3) is 0. The molecule has 3 rings (SSSR count). The summed E-state index contributed by atoms with van der Waals surface area (Å²) in [5.74, 6) is 0.0548. The number of furan rings is 1. The van der Waals surface area contributed by atoms with Crippen LogP contribution in [0.25, 0.3) is 11.1 Å². The summed E-state index contributed by atoms with van der Waals surface area (Å²) >= 11 is 5.84. The average Bonchev–Trinajstić information content (AvgIpc) is 3.10. The molecule has 20 heavy (non-hydrogen) atoms. The van der Waals surface area contributed by atoms with E-state index in [0.717, 1.165) is 5.56 Å². The first kappa shape index (κ1) is 12.5. The smallest absolute Gasteiger partial charge is 0.293 e. The van der Waals surface area contributed by atoms with E-state index in [-0.39, 0.29) is 11.6 Å². The van der Waals surface area contributed by atoms with E-state index >= 15 is 0 Å². The summed E-state index contributed by atoms with van der Waals surface area (Å²) in [7, 11) is 0. The van der Waals surface area contributed by atoms with Crippen molar-refractivity contribution in [3.63, 3.8) is 0 Å². The van der Waals surface area contributed by atoms with Crippen molar-refractivity contribution in [2.45, 2.75) is 0 Å². The van der Waals surface area contributed by atoms with Gasteiger partial charge < -0.3 is 8.94 Å². The fourth-order valence-electron chi connectivity index (χ4n) is 1.74. The Morgan fingerprint density at radius 1 is 1.20 bits per heavy atom. The molecule has 6 heteroatoms. The lowest BCUT2D eigenvalue weighted by Gasteiger charge is -2.02. The molecule has 0 spiro atoms. The molecule has 0 aliphatic carbocycles. The number of aromatic nitrogens is 1. The van der Waals surface area contributed by atoms with Crippen LogP contribution in [0.5, 0.6) is 0 Å². The van der Waals surface area contributed by atoms with E-state index in [1.807, 2.05) is 12.1 Å². The quantitative estimate of drug-likeness (QED) is 0.795. The molecule has 0 atom stereocenters. The lowest BCUT2D eigenvalue weighted by atomic mass is 10.1. The molecule has 2 aromatic heterocycles. The van der Waals surface area contributed by atoms with E-state index < -0.39 is 5.91 Å². The molecular weight excluding hydrogens is 280 g/mol. The first-order valence-corrected chi connectivity index (χ1v) is 6.17. The van der Waals surface area contributed by atoms with Crippen LogP contribution in [0.4, 0.5) is 5.88 Å². The zero-order chi connectivity index (χ0) is 13.9. The van der Waals surface area contributed by atoms with Crippen LogP contribution < -0.4 is 5.32 Å². The number of nitrogens with zero attached hydrogens (tertiary/aromatic N) is 1. The number of benzene rings is 1. The highest BCUT2D eigenvalue weighted by atomic mass is 35.5. The minimum absolute atomic E-state index is 0.198. The number of hydrogen-bond acceptors (Lipinski definition) is 4. The molecule has 1 N–H and O–H groups in total. The molecule has 0 bridgehead atoms. The van der Waals surface area contributed by atoms with Gasteiger partial charge in [-0.3, -0.25) is 10.1 Å². The van der Waals surface area contributed by atoms with Gasteiger partial charge in [0.15, 0.2) is 5.76 Å². The molecule has 0 fully saturated rings. The number of amides is 1. The summed E-state index contributed by atoms with van der Waals surface area (Å²) in [5.41, 5.74) is 1.51. The van der Waals surface area contributed by atoms with Gasteiger partial charge in [0.2, 0.25) is 5.88 Å². The third kappa shape index (κ3) is 2.44. The summed E-state index contributed by atoms with van der Waals surface area (Å²) in [5, 5.41) is 6.94. The third-order valence-electron chi connectivity index (χ3n) is 2.70. The highest BCUT2D eigenvalue weighted by Gasteiger charge is 2.16. The highest BCUT2D eigenvalue weighted by Crippen LogP contribution is 2.29. The first-order chi connectivity index (χ1) is 9.74. The fourth-order valence-corrected chi connectivity index (χ4v) is 1.86. The van der Waals surface area contributed by atoms with Gasteiger partial charge >= 0.3 is 0 Å². The molecule has 0 unspecified atom stereocenters. The predicted molar refractivity (Wildman–Crippen MR) is 73.6 cm³/mol. The van der Waals surface area contributed by atoms with E-state index in [9.17, 15) is 4.79 Å². The molecule has 0 saturated carbocycles. The van der Waals surface area contributed by atoms with Gasteiger partial charge in [0, 0.05) is 5.02 Å². The maximum absolute atomic E-state index is 11.9. The molecule has 5 nitrogen and oxygen atoms in total. The molecule has 0 saturated heterocycles. The van der Waals surface area contributed by atoms with E-state index in [0.29, 0.717) is 10.6 Å². The van der Waals surface area contributed by atoms with Crippen molar-refractivity contribution in [2.24, 2.45) is 0 Å². The summed E-state index contributed by atoms with van der Waals surface area (Å²) in [6, 6.07) is 10.3. The monoisotopic (exact) mass is 288 g/mol. The minimum Gasteiger partial charge on any atom is -0.459 e. The average molecular weight is 289 g/mol. The number of anilines is 1. The molecule has 0 aliphatic rings. The van der Waals surface area contributed by atoms with E-state index in [1.165, 1.54) is 12.5 Å². The number of nitrogens with one attached hydrogen (secondary N) is 1. The highest BCUT2D eigenvalue weighted by molar-refractivity contribution is 6.30. The van der Waals surface area contributed by atoms with Gasteiger partial charge in [0.25, 0.3) is 5.91 Å². The lowest BCUT2D eigenvalue weighted by Crippen LogP contribution is -2.10. The number of carbonyl (C=O) groups is 1. The predicted octanol–water partition coefficient (Wildman–Crippen LogP) is 3.84. The van der Waals surface area contributed by atoms with Gasteiger partial charge in [-0.25, -0.2) is 0 Å². The topological polar surface area (TPSA) is 68.3 Å². The van der Waals surface area contributed by atoms with Crippen molar-refractivity contribution < 1.29 is 13.7 Å². The van der Waals surface area contributed by atoms with Gasteiger partial charge in [0.1, 0.15) is 0 Å². The van der Waals surface area contributed by atoms with Crippen LogP contribution in [0.15, 0.2) is 57.8 Å². The van der Waals surface area contributed by atoms with Gasteiger partial charge in [-0.2, -0.15) is 0 Å². The Bertz CT molecular complexity index is 717. The number of carbonyl (C=O) groups excluding carboxylic acids is 1. The van der Waals surface area contributed by atoms with E-state index in [1.54, 1.807) is 24.3 Å². The van der Waals surface area contributed by atoms with Crippen LogP contribution in [0.2, 0.25) is 5.02 Å². The third-order valence-corrected chi connectivity index (χ3v) is 2.95. The molecule has 0 aliphatic heterocycles. The number of hydrogen-bond donors (Lipinski definition) is 1. The Morgan fingerprint density at radius 2 is 2.00 bits per heavy atom. The van der Waals surface area contributed by atoms with Crippen molar-refractivity contribution in [3.8, 4) is 11.1 Å². The summed E-state index contributed by atoms with van der Waals surface area (Å²) in [6.45, 7) is 0. The van der Waals surface area contributed by atoms with Crippen LogP contribution in [0.3, 0.4) is 0 Å². The van der Waals surface area contributed by atoms with Crippen LogP contribution in [0.1, 0.15) is 10.6 Å². The summed E-state index contributed by atoms with van der Waals surface area (Å²) in [4.78, 5) is 11.9. The van der Waals surface area contributed by atoms with Gasteiger partial charge in [0.05, 0.1) is 18.0 Å². The lowest BCUT2D eigenvalue weighted by molar-refractivity contribution is 0.0993. The zero-order valence-corrected chi connectivity index (χ0v) is 10.9. The molecular formula is C14H9ClN2O3. The Morgan fingerprint density at radius 3 is 2.70 bits per heavy atom. The minimum atomic E-state index is -0.401. The van der Waals surface area contributed by atoms with E-state index in [2.05, 4.69) is 10.5 Å². The molecule has 2 heterocycles. The Hall–Kier alpha value is -2.53. The van der Waals surface area contributed by atoms with Crippen LogP contribution in [0, 0.1) is 0 Å². The second-order valence-corrected chi connectivity index (χ2v) is 4.44. The molecule has 100 valence electrons. The van der Waals surface area contributed by atoms with Gasteiger partial charge in [-0.05, 0) is 29.8 Å². The summed E-state index contributed by atoms with van der Waals surface area (Å²) < 4.78 is 10.1. The van der Waals surface area contributed by atoms with Crippen molar-refractivity contribution in [3.05, 3.63) is 59.6 Å². The normalized spacial score (nSPS) is 10.4. The maximum Gasteiger partial charge on any atom is 0.293 e. The standard InChI is InChI=1S/C14H9ClN2O3/c15-10-5-3-9(4-6-10)11-8-16-20-14(11)17-13(18)12-2-1-7-19-12/h1-8H,(H,17,18). The molecule has 3 aromatic rings. The van der Waals surface area contributed by atoms with Crippen molar-refractivity contribution in [1.82, 2.24) is 5.16 Å². The Kier molecular flexibility index (Phi) is 3.26. The van der Waals surface area contributed by atoms with Gasteiger partial charge in [-0.1, -0.05) is 28.9 Å². The molecule has 1 amide bonds. The van der Waals surface area contributed by atoms with Crippen molar-refractivity contribution in [2.75, 3.05) is 5.32 Å². The largest absolute Gasteiger partial charge is 0.459 e. The summed E-state index contributed by atoms with van der Waals surface area (Å²) in [6.07, 6.45) is 2.95. The SMILES string of the molecule is O=C(Nc1oncc1-c1ccc(Cl)cc1)c1ccco1. The van der Waals surface area contributed by atoms with Crippen molar-refractivity contribution in [1.29, 1.82) is 0 Å². The second kappa shape index (κ2) is 5.22. The van der Waals surface area contributed by atoms with Crippen LogP contribution >= 0.6 is 11.6 Å². The Balaban J connectivity index is 1.87. The molecule has 0 radical (unpaired) electrons. The Labute approximate surface area is 119 Å². The number of halogens is 1. The van der Waals surface area contributed by atoms with Crippen LogP contribution in [-0.2, 0) is 0 Å². The van der Waals surface area contributed by atoms with Crippen molar-refractivity contribution >= 4 is 23.4 Å².